The number of nitrogens with one attached hydrogen (secondary N) is 1. The Bertz CT molecular complexity index is 1100. The van der Waals surface area contributed by atoms with Crippen molar-refractivity contribution in [3.63, 3.8) is 0 Å². The third-order valence-electron chi connectivity index (χ3n) is 6.52. The number of unbranched alkanes of at least 4 members (excludes halogenated alkanes) is 2. The number of carboxylic acid groups (broad SMARTS) is 1. The highest BCUT2D eigenvalue weighted by Gasteiger charge is 2.42. The fourth-order valence-electron chi connectivity index (χ4n) is 4.62. The van der Waals surface area contributed by atoms with Crippen LogP contribution in [0, 0.1) is 0 Å². The smallest absolute Gasteiger partial charge is 0.368 e. The molecule has 0 atom stereocenters. The zero-order chi connectivity index (χ0) is 27.2. The molecule has 0 spiro atoms. The van der Waals surface area contributed by atoms with Gasteiger partial charge in [0.1, 0.15) is 11.2 Å². The maximum atomic E-state index is 13.7. The van der Waals surface area contributed by atoms with Gasteiger partial charge in [-0.3, -0.25) is 9.11 Å². The Balaban J connectivity index is 2.25. The molecule has 2 aromatic rings. The van der Waals surface area contributed by atoms with E-state index in [4.69, 9.17) is 9.84 Å². The summed E-state index contributed by atoms with van der Waals surface area (Å²) >= 11 is 0. The van der Waals surface area contributed by atoms with E-state index in [1.165, 1.54) is 6.07 Å². The summed E-state index contributed by atoms with van der Waals surface area (Å²) in [6.07, 6.45) is 5.80. The van der Waals surface area contributed by atoms with Crippen LogP contribution in [-0.2, 0) is 4.79 Å². The first-order chi connectivity index (χ1) is 17.5. The average molecular weight is 536 g/mol. The maximum absolute atomic E-state index is 13.7. The predicted molar refractivity (Wildman–Crippen MR) is 148 cm³/mol. The van der Waals surface area contributed by atoms with Crippen molar-refractivity contribution >= 4 is 33.8 Å². The average Bonchev–Trinajstić information content (AvgIpc) is 2.96. The summed E-state index contributed by atoms with van der Waals surface area (Å²) in [4.78, 5) is 15.0. The van der Waals surface area contributed by atoms with Crippen molar-refractivity contribution in [1.29, 1.82) is 0 Å². The maximum Gasteiger partial charge on any atom is 0.368 e. The minimum absolute atomic E-state index is 0.101. The Kier molecular flexibility index (Phi) is 9.46. The Morgan fingerprint density at radius 3 is 2.32 bits per heavy atom. The lowest BCUT2D eigenvalue weighted by Gasteiger charge is -2.43. The Hall–Kier alpha value is -2.79. The van der Waals surface area contributed by atoms with E-state index < -0.39 is 28.1 Å². The van der Waals surface area contributed by atoms with Gasteiger partial charge in [-0.25, -0.2) is 9.52 Å². The number of fused-ring (bicyclic) bond motifs is 1. The minimum atomic E-state index is -3.53. The van der Waals surface area contributed by atoms with Crippen molar-refractivity contribution in [1.82, 2.24) is 4.72 Å². The van der Waals surface area contributed by atoms with Crippen molar-refractivity contribution in [2.24, 2.45) is 0 Å². The lowest BCUT2D eigenvalue weighted by Crippen LogP contribution is -2.51. The molecule has 0 amide bonds. The largest absolute Gasteiger partial charge is 0.476 e. The van der Waals surface area contributed by atoms with Gasteiger partial charge in [-0.05, 0) is 31.0 Å². The van der Waals surface area contributed by atoms with Gasteiger partial charge < -0.3 is 19.6 Å². The Morgan fingerprint density at radius 1 is 1.16 bits per heavy atom. The highest BCUT2D eigenvalue weighted by molar-refractivity contribution is 8.22. The van der Waals surface area contributed by atoms with E-state index in [0.717, 1.165) is 44.2 Å². The first kappa shape index (κ1) is 28.8. The number of rotatable bonds is 11. The summed E-state index contributed by atoms with van der Waals surface area (Å²) in [6.45, 7) is 4.74. The molecular formula is C27H38FN3O5S. The number of anilines is 3. The van der Waals surface area contributed by atoms with Crippen molar-refractivity contribution in [2.45, 2.75) is 62.8 Å². The van der Waals surface area contributed by atoms with Crippen LogP contribution in [0.5, 0.6) is 5.75 Å². The van der Waals surface area contributed by atoms with Crippen LogP contribution in [-0.4, -0.2) is 46.4 Å². The molecule has 0 saturated heterocycles. The van der Waals surface area contributed by atoms with Crippen LogP contribution >= 0.6 is 10.8 Å². The van der Waals surface area contributed by atoms with Crippen LogP contribution in [0.25, 0.3) is 0 Å². The van der Waals surface area contributed by atoms with Gasteiger partial charge in [0.2, 0.25) is 5.83 Å². The molecule has 0 aromatic heterocycles. The van der Waals surface area contributed by atoms with Gasteiger partial charge in [-0.2, -0.15) is 4.39 Å². The van der Waals surface area contributed by atoms with E-state index in [-0.39, 0.29) is 10.6 Å². The van der Waals surface area contributed by atoms with E-state index in [1.807, 2.05) is 30.3 Å². The standard InChI is InChI=1S/C27H38FN3O5S/c1-5-7-14-27(15-8-6-2)19-31(20-12-10-9-11-13-20)23-16-22(30(3)4)24(36-18-21(28)26(32)33)17-25(23)37(34,35)29-27/h9-13,16-18,29,34-35H,5-8,14-15,19H2,1-4H3,(H,32,33)/b21-18-. The van der Waals surface area contributed by atoms with E-state index in [0.29, 0.717) is 24.2 Å². The Morgan fingerprint density at radius 2 is 1.78 bits per heavy atom. The topological polar surface area (TPSA) is 106 Å². The third kappa shape index (κ3) is 6.75. The second kappa shape index (κ2) is 12.2. The number of hydrogen-bond donors (Lipinski definition) is 4. The van der Waals surface area contributed by atoms with E-state index in [1.54, 1.807) is 25.1 Å². The molecule has 0 radical (unpaired) electrons. The molecule has 1 heterocycles. The van der Waals surface area contributed by atoms with Crippen LogP contribution in [0.3, 0.4) is 0 Å². The third-order valence-corrected chi connectivity index (χ3v) is 8.18. The molecule has 0 saturated carbocycles. The monoisotopic (exact) mass is 535 g/mol. The lowest BCUT2D eigenvalue weighted by molar-refractivity contribution is -0.134. The van der Waals surface area contributed by atoms with Crippen LogP contribution in [0.1, 0.15) is 52.4 Å². The minimum Gasteiger partial charge on any atom is -0.476 e. The quantitative estimate of drug-likeness (QED) is 0.182. The van der Waals surface area contributed by atoms with Gasteiger partial charge in [0.25, 0.3) is 0 Å². The highest BCUT2D eigenvalue weighted by Crippen LogP contribution is 2.57. The number of carbonyl (C=O) groups is 1. The van der Waals surface area contributed by atoms with Crippen LogP contribution in [0.15, 0.2) is 59.4 Å². The summed E-state index contributed by atoms with van der Waals surface area (Å²) in [6, 6.07) is 13.0. The summed E-state index contributed by atoms with van der Waals surface area (Å²) < 4.78 is 45.6. The SMILES string of the molecule is CCCCC1(CCCC)CN(c2ccccc2)c2cc(N(C)C)c(O/C=C(\F)C(=O)O)cc2S(O)(O)N1. The highest BCUT2D eigenvalue weighted by atomic mass is 32.3. The molecule has 0 unspecified atom stereocenters. The molecule has 8 nitrogen and oxygen atoms in total. The molecule has 3 rings (SSSR count). The number of para-hydroxylation sites is 1. The first-order valence-corrected chi connectivity index (χ1v) is 14.1. The second-order valence-corrected chi connectivity index (χ2v) is 11.4. The zero-order valence-electron chi connectivity index (χ0n) is 21.9. The fraction of sp³-hybridized carbons (Fsp3) is 0.444. The molecule has 10 heteroatoms. The van der Waals surface area contributed by atoms with Gasteiger partial charge in [-0.1, -0.05) is 57.7 Å². The second-order valence-electron chi connectivity index (χ2n) is 9.63. The molecule has 0 fully saturated rings. The molecule has 1 aliphatic rings. The van der Waals surface area contributed by atoms with Crippen molar-refractivity contribution in [3.05, 3.63) is 54.6 Å². The van der Waals surface area contributed by atoms with Gasteiger partial charge >= 0.3 is 5.97 Å². The number of aliphatic carboxylic acids is 1. The number of benzene rings is 2. The number of hydrogen-bond acceptors (Lipinski definition) is 7. The van der Waals surface area contributed by atoms with Crippen molar-refractivity contribution in [2.75, 3.05) is 30.4 Å². The van der Waals surface area contributed by atoms with E-state index >= 15 is 0 Å². The van der Waals surface area contributed by atoms with Gasteiger partial charge in [0.15, 0.2) is 5.75 Å². The first-order valence-electron chi connectivity index (χ1n) is 12.5. The molecule has 2 aromatic carbocycles. The van der Waals surface area contributed by atoms with Crippen LogP contribution < -0.4 is 19.3 Å². The van der Waals surface area contributed by atoms with Crippen LogP contribution in [0.4, 0.5) is 21.5 Å². The number of halogens is 1. The molecule has 37 heavy (non-hydrogen) atoms. The molecule has 0 bridgehead atoms. The lowest BCUT2D eigenvalue weighted by atomic mass is 9.87. The Labute approximate surface area is 220 Å². The summed E-state index contributed by atoms with van der Waals surface area (Å²) in [5.41, 5.74) is 1.44. The van der Waals surface area contributed by atoms with Gasteiger partial charge in [0.05, 0.1) is 16.9 Å². The van der Waals surface area contributed by atoms with E-state index in [9.17, 15) is 18.3 Å². The molecule has 204 valence electrons. The number of ether oxygens (including phenoxy) is 1. The predicted octanol–water partition coefficient (Wildman–Crippen LogP) is 6.91. The normalized spacial score (nSPS) is 17.5. The zero-order valence-corrected chi connectivity index (χ0v) is 22.7. The number of nitrogens with zero attached hydrogens (tertiary/aromatic N) is 2. The number of carboxylic acids is 1. The molecule has 4 N–H and O–H groups in total. The summed E-state index contributed by atoms with van der Waals surface area (Å²) in [5.74, 6) is -3.11. The van der Waals surface area contributed by atoms with E-state index in [2.05, 4.69) is 23.5 Å². The molecular weight excluding hydrogens is 497 g/mol. The summed E-state index contributed by atoms with van der Waals surface area (Å²) in [7, 11) is 0.0238. The van der Waals surface area contributed by atoms with Crippen molar-refractivity contribution in [3.8, 4) is 5.75 Å². The fourth-order valence-corrected chi connectivity index (χ4v) is 6.33. The van der Waals surface area contributed by atoms with Crippen molar-refractivity contribution < 1.29 is 28.1 Å². The van der Waals surface area contributed by atoms with Gasteiger partial charge in [-0.15, -0.1) is 10.8 Å². The summed E-state index contributed by atoms with van der Waals surface area (Å²) in [5, 5.41) is 8.88. The molecule has 0 aliphatic carbocycles. The molecule has 1 aliphatic heterocycles. The van der Waals surface area contributed by atoms with Crippen LogP contribution in [0.2, 0.25) is 0 Å². The van der Waals surface area contributed by atoms with Gasteiger partial charge in [0, 0.05) is 32.4 Å².